The average Bonchev–Trinajstić information content (AvgIpc) is 3.30. The number of nitrogens with zero attached hydrogens (tertiary/aromatic N) is 3. The van der Waals surface area contributed by atoms with Gasteiger partial charge in [-0.05, 0) is 13.0 Å². The lowest BCUT2D eigenvalue weighted by atomic mass is 10.2. The van der Waals surface area contributed by atoms with E-state index >= 15 is 0 Å². The molecule has 3 heterocycles. The molecular formula is C19H18N6O3. The highest BCUT2D eigenvalue weighted by Crippen LogP contribution is 2.26. The van der Waals surface area contributed by atoms with Crippen molar-refractivity contribution in [3.8, 4) is 17.1 Å². The lowest BCUT2D eigenvalue weighted by molar-refractivity contribution is -0.118. The third-order valence-electron chi connectivity index (χ3n) is 4.39. The first kappa shape index (κ1) is 17.5. The fourth-order valence-corrected chi connectivity index (χ4v) is 2.82. The summed E-state index contributed by atoms with van der Waals surface area (Å²) in [6.07, 6.45) is 3.37. The monoisotopic (exact) mass is 378 g/mol. The lowest BCUT2D eigenvalue weighted by Crippen LogP contribution is -2.23. The van der Waals surface area contributed by atoms with Gasteiger partial charge in [-0.1, -0.05) is 18.2 Å². The van der Waals surface area contributed by atoms with E-state index in [-0.39, 0.29) is 23.7 Å². The molecular weight excluding hydrogens is 360 g/mol. The van der Waals surface area contributed by atoms with E-state index in [9.17, 15) is 9.59 Å². The smallest absolute Gasteiger partial charge is 0.264 e. The van der Waals surface area contributed by atoms with Crippen molar-refractivity contribution in [2.75, 3.05) is 11.9 Å². The van der Waals surface area contributed by atoms with E-state index in [1.165, 1.54) is 6.07 Å². The molecule has 0 spiro atoms. The Balaban J connectivity index is 1.43. The molecule has 4 aromatic rings. The summed E-state index contributed by atoms with van der Waals surface area (Å²) in [5.74, 6) is 0.302. The molecule has 4 rings (SSSR count). The quantitative estimate of drug-likeness (QED) is 0.491. The molecule has 142 valence electrons. The van der Waals surface area contributed by atoms with Gasteiger partial charge in [0, 0.05) is 47.7 Å². The zero-order valence-electron chi connectivity index (χ0n) is 15.3. The summed E-state index contributed by atoms with van der Waals surface area (Å²) in [7, 11) is 1.79. The number of ether oxygens (including phenoxy) is 1. The number of pyridine rings is 1. The van der Waals surface area contributed by atoms with Gasteiger partial charge in [-0.15, -0.1) is 5.10 Å². The Labute approximate surface area is 159 Å². The Morgan fingerprint density at radius 2 is 2.14 bits per heavy atom. The first-order chi connectivity index (χ1) is 13.5. The second-order valence-electron chi connectivity index (χ2n) is 6.35. The molecule has 0 saturated heterocycles. The van der Waals surface area contributed by atoms with Gasteiger partial charge in [0.25, 0.3) is 5.91 Å². The molecule has 0 fully saturated rings. The molecule has 3 N–H and O–H groups in total. The highest BCUT2D eigenvalue weighted by Gasteiger charge is 2.13. The van der Waals surface area contributed by atoms with Crippen LogP contribution >= 0.6 is 0 Å². The number of H-pyrrole nitrogens is 2. The third-order valence-corrected chi connectivity index (χ3v) is 4.39. The minimum atomic E-state index is -0.466. The van der Waals surface area contributed by atoms with E-state index in [4.69, 9.17) is 4.74 Å². The van der Waals surface area contributed by atoms with Crippen molar-refractivity contribution in [1.29, 1.82) is 0 Å². The van der Waals surface area contributed by atoms with Crippen LogP contribution in [-0.2, 0) is 11.8 Å². The van der Waals surface area contributed by atoms with Crippen molar-refractivity contribution in [3.05, 3.63) is 58.6 Å². The third kappa shape index (κ3) is 3.37. The number of hydrogen-bond donors (Lipinski definition) is 3. The number of hydrogen-bond acceptors (Lipinski definition) is 5. The van der Waals surface area contributed by atoms with Gasteiger partial charge in [-0.25, -0.2) is 0 Å². The van der Waals surface area contributed by atoms with Crippen LogP contribution in [0.3, 0.4) is 0 Å². The molecule has 1 amide bonds. The van der Waals surface area contributed by atoms with Gasteiger partial charge in [0.2, 0.25) is 11.4 Å². The largest absolute Gasteiger partial charge is 0.478 e. The fraction of sp³-hybridized carbons (Fsp3) is 0.158. The number of aromatic amines is 2. The standard InChI is InChI=1S/C19H18N6O3/c1-11-7-15(26)16(9-25(11)2)28-10-17(27)21-19-22-18(23-24-19)13-8-20-14-6-4-3-5-12(13)14/h3-9,20H,10H2,1-2H3,(H2,21,22,23,24,27). The minimum absolute atomic E-state index is 0.109. The molecule has 0 saturated carbocycles. The van der Waals surface area contributed by atoms with E-state index in [0.29, 0.717) is 5.82 Å². The number of rotatable bonds is 5. The molecule has 0 aliphatic rings. The van der Waals surface area contributed by atoms with Gasteiger partial charge in [0.1, 0.15) is 0 Å². The Hall–Kier alpha value is -3.88. The average molecular weight is 378 g/mol. The predicted molar refractivity (Wildman–Crippen MR) is 104 cm³/mol. The number of para-hydroxylation sites is 1. The van der Waals surface area contributed by atoms with Crippen molar-refractivity contribution in [3.63, 3.8) is 0 Å². The number of fused-ring (bicyclic) bond motifs is 1. The molecule has 9 heteroatoms. The first-order valence-corrected chi connectivity index (χ1v) is 8.60. The maximum Gasteiger partial charge on any atom is 0.264 e. The number of carbonyl (C=O) groups excluding carboxylic acids is 1. The van der Waals surface area contributed by atoms with Crippen molar-refractivity contribution >= 4 is 22.8 Å². The second-order valence-corrected chi connectivity index (χ2v) is 6.35. The minimum Gasteiger partial charge on any atom is -0.478 e. The van der Waals surface area contributed by atoms with Gasteiger partial charge in [-0.3, -0.25) is 20.0 Å². The molecule has 1 aromatic carbocycles. The van der Waals surface area contributed by atoms with Gasteiger partial charge >= 0.3 is 0 Å². The lowest BCUT2D eigenvalue weighted by Gasteiger charge is -2.08. The van der Waals surface area contributed by atoms with Crippen molar-refractivity contribution in [2.24, 2.45) is 7.05 Å². The van der Waals surface area contributed by atoms with E-state index in [1.54, 1.807) is 17.8 Å². The van der Waals surface area contributed by atoms with Crippen LogP contribution in [0.5, 0.6) is 5.75 Å². The Kier molecular flexibility index (Phi) is 4.40. The zero-order chi connectivity index (χ0) is 19.7. The number of benzene rings is 1. The van der Waals surface area contributed by atoms with E-state index < -0.39 is 5.91 Å². The van der Waals surface area contributed by atoms with Crippen LogP contribution in [0.25, 0.3) is 22.3 Å². The van der Waals surface area contributed by atoms with Crippen molar-refractivity contribution < 1.29 is 9.53 Å². The van der Waals surface area contributed by atoms with E-state index in [2.05, 4.69) is 25.5 Å². The van der Waals surface area contributed by atoms with Crippen LogP contribution in [0.1, 0.15) is 5.69 Å². The van der Waals surface area contributed by atoms with Crippen molar-refractivity contribution in [2.45, 2.75) is 6.92 Å². The van der Waals surface area contributed by atoms with E-state index in [1.807, 2.05) is 37.4 Å². The number of nitrogens with one attached hydrogen (secondary N) is 3. The summed E-state index contributed by atoms with van der Waals surface area (Å²) in [4.78, 5) is 31.5. The summed E-state index contributed by atoms with van der Waals surface area (Å²) in [5, 5.41) is 10.4. The molecule has 9 nitrogen and oxygen atoms in total. The number of aryl methyl sites for hydroxylation is 2. The normalized spacial score (nSPS) is 10.9. The molecule has 3 aromatic heterocycles. The zero-order valence-corrected chi connectivity index (χ0v) is 15.3. The molecule has 0 unspecified atom stereocenters. The maximum atomic E-state index is 12.1. The summed E-state index contributed by atoms with van der Waals surface area (Å²) in [6, 6.07) is 9.26. The van der Waals surface area contributed by atoms with Gasteiger partial charge in [0.05, 0.1) is 0 Å². The molecule has 0 atom stereocenters. The van der Waals surface area contributed by atoms with Crippen LogP contribution in [0.4, 0.5) is 5.95 Å². The number of carbonyl (C=O) groups is 1. The van der Waals surface area contributed by atoms with Crippen LogP contribution in [-0.4, -0.2) is 37.2 Å². The topological polar surface area (TPSA) is 118 Å². The summed E-state index contributed by atoms with van der Waals surface area (Å²) in [5.41, 5.74) is 2.35. The van der Waals surface area contributed by atoms with Gasteiger partial charge < -0.3 is 14.3 Å². The summed E-state index contributed by atoms with van der Waals surface area (Å²) >= 11 is 0. The molecule has 0 aliphatic heterocycles. The highest BCUT2D eigenvalue weighted by atomic mass is 16.5. The van der Waals surface area contributed by atoms with Crippen LogP contribution in [0.2, 0.25) is 0 Å². The molecule has 0 radical (unpaired) electrons. The van der Waals surface area contributed by atoms with Crippen LogP contribution < -0.4 is 15.5 Å². The molecule has 0 bridgehead atoms. The van der Waals surface area contributed by atoms with E-state index in [0.717, 1.165) is 22.2 Å². The number of anilines is 1. The number of amides is 1. The predicted octanol–water partition coefficient (Wildman–Crippen LogP) is 1.98. The second kappa shape index (κ2) is 7.03. The van der Waals surface area contributed by atoms with Crippen LogP contribution in [0.15, 0.2) is 47.5 Å². The highest BCUT2D eigenvalue weighted by molar-refractivity contribution is 5.94. The Bertz CT molecular complexity index is 1220. The Morgan fingerprint density at radius 1 is 1.32 bits per heavy atom. The van der Waals surface area contributed by atoms with Gasteiger partial charge in [0.15, 0.2) is 18.2 Å². The van der Waals surface area contributed by atoms with Crippen molar-refractivity contribution in [1.82, 2.24) is 24.7 Å². The van der Waals surface area contributed by atoms with Crippen LogP contribution in [0, 0.1) is 6.92 Å². The number of aromatic nitrogens is 5. The molecule has 0 aliphatic carbocycles. The first-order valence-electron chi connectivity index (χ1n) is 8.60. The Morgan fingerprint density at radius 3 is 3.00 bits per heavy atom. The summed E-state index contributed by atoms with van der Waals surface area (Å²) in [6.45, 7) is 1.49. The SMILES string of the molecule is Cc1cc(=O)c(OCC(=O)Nc2n[nH]c(-c3c[nH]c4ccccc34)n2)cn1C. The van der Waals surface area contributed by atoms with Gasteiger partial charge in [-0.2, -0.15) is 4.98 Å². The summed E-state index contributed by atoms with van der Waals surface area (Å²) < 4.78 is 7.07. The fourth-order valence-electron chi connectivity index (χ4n) is 2.82. The maximum absolute atomic E-state index is 12.1. The molecule has 28 heavy (non-hydrogen) atoms.